The van der Waals surface area contributed by atoms with Crippen molar-refractivity contribution in [2.24, 2.45) is 7.05 Å². The van der Waals surface area contributed by atoms with Crippen LogP contribution in [0, 0.1) is 0 Å². The highest BCUT2D eigenvalue weighted by atomic mass is 16.6. The highest BCUT2D eigenvalue weighted by molar-refractivity contribution is 5.92. The van der Waals surface area contributed by atoms with E-state index in [0.29, 0.717) is 19.0 Å². The van der Waals surface area contributed by atoms with Crippen LogP contribution in [-0.2, 0) is 11.8 Å². The van der Waals surface area contributed by atoms with E-state index in [4.69, 9.17) is 14.5 Å². The molecule has 0 aliphatic carbocycles. The molecule has 0 saturated carbocycles. The molecule has 1 amide bonds. The molecule has 1 unspecified atom stereocenters. The number of fused-ring (bicyclic) bond motifs is 2. The number of carbonyl (C=O) groups excluding carboxylic acids is 1. The summed E-state index contributed by atoms with van der Waals surface area (Å²) in [6.07, 6.45) is 3.30. The first-order valence-electron chi connectivity index (χ1n) is 10.5. The zero-order valence-corrected chi connectivity index (χ0v) is 17.7. The quantitative estimate of drug-likeness (QED) is 0.485. The number of para-hydroxylation sites is 2. The minimum Gasteiger partial charge on any atom is -0.486 e. The fourth-order valence-electron chi connectivity index (χ4n) is 3.89. The van der Waals surface area contributed by atoms with Crippen molar-refractivity contribution in [3.63, 3.8) is 0 Å². The number of amides is 1. The maximum absolute atomic E-state index is 12.9. The van der Waals surface area contributed by atoms with Gasteiger partial charge >= 0.3 is 0 Å². The lowest BCUT2D eigenvalue weighted by Crippen LogP contribution is -2.29. The van der Waals surface area contributed by atoms with Gasteiger partial charge in [-0.1, -0.05) is 48.5 Å². The van der Waals surface area contributed by atoms with Gasteiger partial charge in [0.05, 0.1) is 11.0 Å². The zero-order valence-electron chi connectivity index (χ0n) is 17.7. The first-order valence-corrected chi connectivity index (χ1v) is 10.5. The lowest BCUT2D eigenvalue weighted by Gasteiger charge is -2.19. The number of hydrogen-bond donors (Lipinski definition) is 1. The fourth-order valence-corrected chi connectivity index (χ4v) is 3.89. The third kappa shape index (κ3) is 3.95. The summed E-state index contributed by atoms with van der Waals surface area (Å²) in [5, 5.41) is 3.12. The van der Waals surface area contributed by atoms with Gasteiger partial charge in [-0.25, -0.2) is 4.98 Å². The Balaban J connectivity index is 1.42. The number of rotatable bonds is 5. The Bertz CT molecular complexity index is 1290. The fraction of sp³-hybridized carbons (Fsp3) is 0.154. The summed E-state index contributed by atoms with van der Waals surface area (Å²) >= 11 is 0. The third-order valence-corrected chi connectivity index (χ3v) is 5.49. The largest absolute Gasteiger partial charge is 0.486 e. The van der Waals surface area contributed by atoms with Crippen LogP contribution in [0.3, 0.4) is 0 Å². The van der Waals surface area contributed by atoms with Gasteiger partial charge in [0, 0.05) is 13.1 Å². The molecule has 0 radical (unpaired) electrons. The van der Waals surface area contributed by atoms with Gasteiger partial charge in [0.2, 0.25) is 5.91 Å². The Kier molecular flexibility index (Phi) is 5.34. The highest BCUT2D eigenvalue weighted by Crippen LogP contribution is 2.31. The number of ether oxygens (including phenoxy) is 2. The lowest BCUT2D eigenvalue weighted by atomic mass is 10.1. The molecule has 4 aromatic rings. The molecule has 32 heavy (non-hydrogen) atoms. The van der Waals surface area contributed by atoms with Crippen molar-refractivity contribution >= 4 is 23.0 Å². The zero-order chi connectivity index (χ0) is 21.9. The maximum atomic E-state index is 12.9. The van der Waals surface area contributed by atoms with E-state index in [1.807, 2.05) is 84.4 Å². The Morgan fingerprint density at radius 2 is 1.75 bits per heavy atom. The molecule has 1 aliphatic rings. The van der Waals surface area contributed by atoms with Crippen molar-refractivity contribution in [2.75, 3.05) is 13.2 Å². The molecule has 0 saturated heterocycles. The van der Waals surface area contributed by atoms with Gasteiger partial charge in [0.1, 0.15) is 25.1 Å². The number of nitrogens with zero attached hydrogens (tertiary/aromatic N) is 2. The van der Waals surface area contributed by atoms with E-state index in [0.717, 1.165) is 33.7 Å². The number of nitrogens with one attached hydrogen (secondary N) is 1. The van der Waals surface area contributed by atoms with Crippen molar-refractivity contribution in [1.82, 2.24) is 14.9 Å². The molecular weight excluding hydrogens is 402 g/mol. The summed E-state index contributed by atoms with van der Waals surface area (Å²) in [7, 11) is 1.97. The van der Waals surface area contributed by atoms with Crippen LogP contribution in [0.2, 0.25) is 0 Å². The molecule has 2 heterocycles. The molecule has 160 valence electrons. The molecule has 0 bridgehead atoms. The van der Waals surface area contributed by atoms with Gasteiger partial charge in [0.25, 0.3) is 0 Å². The van der Waals surface area contributed by atoms with Crippen LogP contribution in [-0.4, -0.2) is 28.7 Å². The van der Waals surface area contributed by atoms with Gasteiger partial charge < -0.3 is 19.4 Å². The standard InChI is InChI=1S/C26H23N3O3/c1-29-21-10-6-5-9-20(21)27-26(29)25(19-7-3-2-4-8-19)28-24(30)14-12-18-11-13-22-23(17-18)32-16-15-31-22/h2-14,17,25H,15-16H2,1H3,(H,28,30)/b14-12+. The minimum atomic E-state index is -0.383. The topological polar surface area (TPSA) is 65.4 Å². The Morgan fingerprint density at radius 3 is 2.56 bits per heavy atom. The molecule has 0 fully saturated rings. The van der Waals surface area contributed by atoms with E-state index in [-0.39, 0.29) is 11.9 Å². The Labute approximate surface area is 186 Å². The molecular formula is C26H23N3O3. The first-order chi connectivity index (χ1) is 15.7. The summed E-state index contributed by atoms with van der Waals surface area (Å²) in [5.74, 6) is 1.99. The lowest BCUT2D eigenvalue weighted by molar-refractivity contribution is -0.117. The molecule has 3 aromatic carbocycles. The molecule has 0 spiro atoms. The third-order valence-electron chi connectivity index (χ3n) is 5.49. The maximum Gasteiger partial charge on any atom is 0.244 e. The van der Waals surface area contributed by atoms with Gasteiger partial charge in [0.15, 0.2) is 11.5 Å². The molecule has 1 N–H and O–H groups in total. The van der Waals surface area contributed by atoms with Gasteiger partial charge in [-0.05, 0) is 41.5 Å². The van der Waals surface area contributed by atoms with Crippen LogP contribution in [0.4, 0.5) is 0 Å². The molecule has 6 nitrogen and oxygen atoms in total. The smallest absolute Gasteiger partial charge is 0.244 e. The van der Waals surface area contributed by atoms with E-state index in [2.05, 4.69) is 5.32 Å². The van der Waals surface area contributed by atoms with Crippen LogP contribution in [0.1, 0.15) is 23.0 Å². The van der Waals surface area contributed by atoms with Crippen molar-refractivity contribution in [3.8, 4) is 11.5 Å². The van der Waals surface area contributed by atoms with E-state index in [1.165, 1.54) is 6.08 Å². The average molecular weight is 425 g/mol. The highest BCUT2D eigenvalue weighted by Gasteiger charge is 2.22. The second kappa shape index (κ2) is 8.59. The van der Waals surface area contributed by atoms with Crippen LogP contribution >= 0.6 is 0 Å². The Morgan fingerprint density at radius 1 is 1.00 bits per heavy atom. The number of imidazole rings is 1. The van der Waals surface area contributed by atoms with E-state index < -0.39 is 0 Å². The second-order valence-electron chi connectivity index (χ2n) is 7.61. The van der Waals surface area contributed by atoms with Crippen molar-refractivity contribution in [3.05, 3.63) is 95.8 Å². The van der Waals surface area contributed by atoms with Crippen molar-refractivity contribution < 1.29 is 14.3 Å². The number of carbonyl (C=O) groups is 1. The second-order valence-corrected chi connectivity index (χ2v) is 7.61. The SMILES string of the molecule is Cn1c(C(NC(=O)/C=C/c2ccc3c(c2)OCCO3)c2ccccc2)nc2ccccc21. The monoisotopic (exact) mass is 425 g/mol. The van der Waals surface area contributed by atoms with Crippen molar-refractivity contribution in [1.29, 1.82) is 0 Å². The summed E-state index contributed by atoms with van der Waals surface area (Å²) in [4.78, 5) is 17.7. The van der Waals surface area contributed by atoms with Crippen LogP contribution in [0.25, 0.3) is 17.1 Å². The first kappa shape index (κ1) is 19.9. The van der Waals surface area contributed by atoms with Crippen molar-refractivity contribution in [2.45, 2.75) is 6.04 Å². The number of aryl methyl sites for hydroxylation is 1. The van der Waals surface area contributed by atoms with Gasteiger partial charge in [-0.3, -0.25) is 4.79 Å². The summed E-state index contributed by atoms with van der Waals surface area (Å²) in [6, 6.07) is 23.1. The predicted octanol–water partition coefficient (Wildman–Crippen LogP) is 4.26. The number of benzene rings is 3. The summed E-state index contributed by atoms with van der Waals surface area (Å²) in [5.41, 5.74) is 3.74. The van der Waals surface area contributed by atoms with Gasteiger partial charge in [-0.15, -0.1) is 0 Å². The molecule has 1 aliphatic heterocycles. The van der Waals surface area contributed by atoms with Crippen LogP contribution < -0.4 is 14.8 Å². The van der Waals surface area contributed by atoms with Crippen LogP contribution in [0.5, 0.6) is 11.5 Å². The molecule has 1 atom stereocenters. The average Bonchev–Trinajstić information content (AvgIpc) is 3.18. The number of aromatic nitrogens is 2. The van der Waals surface area contributed by atoms with E-state index in [9.17, 15) is 4.79 Å². The summed E-state index contributed by atoms with van der Waals surface area (Å²) in [6.45, 7) is 1.07. The minimum absolute atomic E-state index is 0.208. The molecule has 6 heteroatoms. The normalized spacial score (nSPS) is 13.9. The molecule has 1 aromatic heterocycles. The van der Waals surface area contributed by atoms with E-state index >= 15 is 0 Å². The van der Waals surface area contributed by atoms with Gasteiger partial charge in [-0.2, -0.15) is 0 Å². The van der Waals surface area contributed by atoms with E-state index in [1.54, 1.807) is 6.08 Å². The van der Waals surface area contributed by atoms with Crippen LogP contribution in [0.15, 0.2) is 78.9 Å². The number of hydrogen-bond acceptors (Lipinski definition) is 4. The Hall–Kier alpha value is -4.06. The summed E-state index contributed by atoms with van der Waals surface area (Å²) < 4.78 is 13.2. The predicted molar refractivity (Wildman–Crippen MR) is 124 cm³/mol. The molecule has 5 rings (SSSR count).